The van der Waals surface area contributed by atoms with E-state index in [-0.39, 0.29) is 0 Å². The van der Waals surface area contributed by atoms with E-state index in [1.807, 2.05) is 0 Å². The predicted molar refractivity (Wildman–Crippen MR) is 43.8 cm³/mol. The van der Waals surface area contributed by atoms with Crippen molar-refractivity contribution in [2.24, 2.45) is 5.92 Å². The Morgan fingerprint density at radius 1 is 1.50 bits per heavy atom. The lowest BCUT2D eigenvalue weighted by atomic mass is 10.1. The van der Waals surface area contributed by atoms with Crippen LogP contribution < -0.4 is 0 Å². The molecule has 8 heavy (non-hydrogen) atoms. The number of alkyl halides is 1. The quantitative estimate of drug-likeness (QED) is 0.535. The fourth-order valence-electron chi connectivity index (χ4n) is 0.970. The summed E-state index contributed by atoms with van der Waals surface area (Å²) in [5.74, 6) is 3.60. The summed E-state index contributed by atoms with van der Waals surface area (Å²) in [5.41, 5.74) is 0. The van der Waals surface area contributed by atoms with Gasteiger partial charge in [-0.3, -0.25) is 0 Å². The molecule has 1 saturated heterocycles. The van der Waals surface area contributed by atoms with Gasteiger partial charge in [-0.25, -0.2) is 0 Å². The molecule has 0 bridgehead atoms. The van der Waals surface area contributed by atoms with Gasteiger partial charge in [-0.2, -0.15) is 11.8 Å². The van der Waals surface area contributed by atoms with Gasteiger partial charge in [0.15, 0.2) is 0 Å². The fraction of sp³-hybridized carbons (Fsp3) is 1.00. The molecule has 2 heteroatoms. The van der Waals surface area contributed by atoms with Crippen molar-refractivity contribution in [3.8, 4) is 0 Å². The molecule has 0 aromatic carbocycles. The number of thioether (sulfide) groups is 1. The van der Waals surface area contributed by atoms with Crippen LogP contribution in [0.4, 0.5) is 0 Å². The number of halogens is 1. The Kier molecular flexibility index (Phi) is 2.70. The van der Waals surface area contributed by atoms with Crippen LogP contribution in [0.1, 0.15) is 13.3 Å². The highest BCUT2D eigenvalue weighted by Crippen LogP contribution is 2.26. The van der Waals surface area contributed by atoms with E-state index >= 15 is 0 Å². The van der Waals surface area contributed by atoms with E-state index in [2.05, 4.69) is 34.6 Å². The summed E-state index contributed by atoms with van der Waals surface area (Å²) < 4.78 is 0. The first-order valence-corrected chi connectivity index (χ1v) is 5.08. The Bertz CT molecular complexity index is 66.9. The first-order chi connectivity index (χ1) is 3.79. The van der Waals surface area contributed by atoms with E-state index in [0.29, 0.717) is 0 Å². The van der Waals surface area contributed by atoms with Crippen molar-refractivity contribution in [1.29, 1.82) is 0 Å². The molecule has 0 aromatic heterocycles. The summed E-state index contributed by atoms with van der Waals surface area (Å²) in [6.45, 7) is 2.32. The zero-order chi connectivity index (χ0) is 5.98. The maximum Gasteiger partial charge on any atom is 0.0239 e. The monoisotopic (exact) mass is 194 g/mol. The molecule has 0 unspecified atom stereocenters. The zero-order valence-corrected chi connectivity index (χ0v) is 7.46. The third-order valence-corrected chi connectivity index (χ3v) is 3.93. The van der Waals surface area contributed by atoms with Crippen LogP contribution in [0.3, 0.4) is 0 Å². The van der Waals surface area contributed by atoms with E-state index in [1.165, 1.54) is 17.9 Å². The highest BCUT2D eigenvalue weighted by Gasteiger charge is 2.15. The van der Waals surface area contributed by atoms with Crippen LogP contribution in [-0.2, 0) is 0 Å². The van der Waals surface area contributed by atoms with Gasteiger partial charge in [0, 0.05) is 10.6 Å². The molecule has 1 rings (SSSR count). The summed E-state index contributed by atoms with van der Waals surface area (Å²) >= 11 is 5.67. The van der Waals surface area contributed by atoms with Crippen molar-refractivity contribution in [2.45, 2.75) is 18.2 Å². The molecule has 0 N–H and O–H groups in total. The lowest BCUT2D eigenvalue weighted by Gasteiger charge is -2.21. The molecule has 1 heterocycles. The van der Waals surface area contributed by atoms with Crippen LogP contribution in [-0.4, -0.2) is 16.3 Å². The first-order valence-electron chi connectivity index (χ1n) is 3.01. The van der Waals surface area contributed by atoms with E-state index in [0.717, 1.165) is 10.7 Å². The lowest BCUT2D eigenvalue weighted by molar-refractivity contribution is 0.587. The summed E-state index contributed by atoms with van der Waals surface area (Å²) in [6.07, 6.45) is 1.37. The maximum atomic E-state index is 3.61. The zero-order valence-electron chi connectivity index (χ0n) is 5.06. The smallest absolute Gasteiger partial charge is 0.0239 e. The van der Waals surface area contributed by atoms with Gasteiger partial charge in [0.1, 0.15) is 0 Å². The molecule has 0 aromatic rings. The van der Waals surface area contributed by atoms with Crippen LogP contribution in [0, 0.1) is 5.92 Å². The molecule has 1 fully saturated rings. The van der Waals surface area contributed by atoms with Gasteiger partial charge in [0.25, 0.3) is 0 Å². The van der Waals surface area contributed by atoms with Crippen molar-refractivity contribution in [2.75, 3.05) is 11.5 Å². The average molecular weight is 195 g/mol. The van der Waals surface area contributed by atoms with Gasteiger partial charge in [-0.05, 0) is 18.1 Å². The Morgan fingerprint density at radius 2 is 2.25 bits per heavy atom. The molecular formula is C6H11BrS. The van der Waals surface area contributed by atoms with Gasteiger partial charge >= 0.3 is 0 Å². The molecule has 1 aliphatic heterocycles. The van der Waals surface area contributed by atoms with E-state index < -0.39 is 0 Å². The number of rotatable bonds is 0. The maximum absolute atomic E-state index is 3.61. The molecule has 0 saturated carbocycles. The summed E-state index contributed by atoms with van der Waals surface area (Å²) in [7, 11) is 0. The van der Waals surface area contributed by atoms with Crippen LogP contribution in [0.2, 0.25) is 0 Å². The van der Waals surface area contributed by atoms with Crippen LogP contribution in [0.15, 0.2) is 0 Å². The molecule has 0 nitrogen and oxygen atoms in total. The van der Waals surface area contributed by atoms with Crippen LogP contribution in [0.5, 0.6) is 0 Å². The minimum atomic E-state index is 0.788. The molecule has 0 aliphatic carbocycles. The van der Waals surface area contributed by atoms with E-state index in [9.17, 15) is 0 Å². The van der Waals surface area contributed by atoms with E-state index in [4.69, 9.17) is 0 Å². The molecule has 0 radical (unpaired) electrons. The minimum absolute atomic E-state index is 0.788. The van der Waals surface area contributed by atoms with Crippen molar-refractivity contribution in [3.63, 3.8) is 0 Å². The first kappa shape index (κ1) is 6.94. The molecular weight excluding hydrogens is 184 g/mol. The standard InChI is InChI=1S/C6H11BrS/c1-5-2-6(7)4-8-3-5/h5-6H,2-4H2,1H3/t5-,6-/m1/s1. The lowest BCUT2D eigenvalue weighted by Crippen LogP contribution is -2.16. The molecule has 1 aliphatic rings. The second-order valence-electron chi connectivity index (χ2n) is 2.48. The average Bonchev–Trinajstić information content (AvgIpc) is 1.64. The van der Waals surface area contributed by atoms with Gasteiger partial charge in [0.05, 0.1) is 0 Å². The predicted octanol–water partition coefficient (Wildman–Crippen LogP) is 2.52. The fourth-order valence-corrected chi connectivity index (χ4v) is 3.24. The third-order valence-electron chi connectivity index (χ3n) is 1.36. The van der Waals surface area contributed by atoms with Gasteiger partial charge in [-0.1, -0.05) is 22.9 Å². The largest absolute Gasteiger partial charge is 0.161 e. The number of hydrogen-bond acceptors (Lipinski definition) is 1. The van der Waals surface area contributed by atoms with Crippen molar-refractivity contribution in [1.82, 2.24) is 0 Å². The van der Waals surface area contributed by atoms with Crippen molar-refractivity contribution in [3.05, 3.63) is 0 Å². The second kappa shape index (κ2) is 3.11. The summed E-state index contributed by atoms with van der Waals surface area (Å²) in [5, 5.41) is 0. The van der Waals surface area contributed by atoms with Gasteiger partial charge < -0.3 is 0 Å². The molecule has 48 valence electrons. The normalized spacial score (nSPS) is 39.8. The minimum Gasteiger partial charge on any atom is -0.161 e. The Balaban J connectivity index is 2.23. The number of hydrogen-bond donors (Lipinski definition) is 0. The molecule has 0 spiro atoms. The van der Waals surface area contributed by atoms with Gasteiger partial charge in [-0.15, -0.1) is 0 Å². The highest BCUT2D eigenvalue weighted by molar-refractivity contribution is 9.09. The van der Waals surface area contributed by atoms with Gasteiger partial charge in [0.2, 0.25) is 0 Å². The molecule has 2 atom stereocenters. The van der Waals surface area contributed by atoms with Crippen LogP contribution >= 0.6 is 27.7 Å². The second-order valence-corrected chi connectivity index (χ2v) is 4.85. The Hall–Kier alpha value is 0.830. The third kappa shape index (κ3) is 1.98. The molecule has 0 amide bonds. The topological polar surface area (TPSA) is 0 Å². The SMILES string of the molecule is C[C@H]1CSC[C@H](Br)C1. The Morgan fingerprint density at radius 3 is 2.62 bits per heavy atom. The summed E-state index contributed by atoms with van der Waals surface area (Å²) in [4.78, 5) is 0.788. The van der Waals surface area contributed by atoms with Crippen molar-refractivity contribution >= 4 is 27.7 Å². The highest BCUT2D eigenvalue weighted by atomic mass is 79.9. The van der Waals surface area contributed by atoms with Crippen LogP contribution in [0.25, 0.3) is 0 Å². The van der Waals surface area contributed by atoms with Crippen molar-refractivity contribution < 1.29 is 0 Å². The Labute approximate surface area is 63.5 Å². The summed E-state index contributed by atoms with van der Waals surface area (Å²) in [6, 6.07) is 0. The van der Waals surface area contributed by atoms with E-state index in [1.54, 1.807) is 0 Å².